The van der Waals surface area contributed by atoms with Crippen molar-refractivity contribution in [2.75, 3.05) is 0 Å². The van der Waals surface area contributed by atoms with Crippen LogP contribution in [0.2, 0.25) is 0 Å². The lowest BCUT2D eigenvalue weighted by Gasteiger charge is -2.14. The van der Waals surface area contributed by atoms with Gasteiger partial charge in [0.25, 0.3) is 0 Å². The number of rotatable bonds is 4. The van der Waals surface area contributed by atoms with Gasteiger partial charge in [0.05, 0.1) is 0 Å². The second-order valence-corrected chi connectivity index (χ2v) is 4.31. The van der Waals surface area contributed by atoms with E-state index in [0.29, 0.717) is 5.56 Å². The average molecular weight is 232 g/mol. The molecule has 17 heavy (non-hydrogen) atoms. The smallest absolute Gasteiger partial charge is 0.127 e. The Morgan fingerprint density at radius 1 is 1.29 bits per heavy atom. The summed E-state index contributed by atoms with van der Waals surface area (Å²) >= 11 is 0. The summed E-state index contributed by atoms with van der Waals surface area (Å²) in [5.74, 6) is -0.152. The van der Waals surface area contributed by atoms with Gasteiger partial charge in [-0.15, -0.1) is 0 Å². The lowest BCUT2D eigenvalue weighted by molar-refractivity contribution is 0.528. The first kappa shape index (κ1) is 11.9. The molecule has 2 nitrogen and oxygen atoms in total. The number of benzene rings is 1. The maximum absolute atomic E-state index is 13.5. The molecule has 1 aromatic carbocycles. The van der Waals surface area contributed by atoms with Gasteiger partial charge in [0.2, 0.25) is 0 Å². The molecule has 1 N–H and O–H groups in total. The molecule has 0 fully saturated rings. The van der Waals surface area contributed by atoms with Crippen LogP contribution < -0.4 is 5.32 Å². The Labute approximate surface area is 101 Å². The van der Waals surface area contributed by atoms with Crippen LogP contribution in [-0.2, 0) is 13.6 Å². The first-order chi connectivity index (χ1) is 8.16. The zero-order valence-corrected chi connectivity index (χ0v) is 10.2. The van der Waals surface area contributed by atoms with Crippen LogP contribution in [0.1, 0.15) is 24.1 Å². The first-order valence-corrected chi connectivity index (χ1v) is 5.75. The summed E-state index contributed by atoms with van der Waals surface area (Å²) in [7, 11) is 1.99. The number of nitrogens with zero attached hydrogens (tertiary/aromatic N) is 1. The fourth-order valence-electron chi connectivity index (χ4n) is 1.87. The van der Waals surface area contributed by atoms with Crippen molar-refractivity contribution in [1.29, 1.82) is 0 Å². The van der Waals surface area contributed by atoms with Gasteiger partial charge in [0.1, 0.15) is 5.82 Å². The molecule has 0 amide bonds. The van der Waals surface area contributed by atoms with Crippen molar-refractivity contribution in [3.63, 3.8) is 0 Å². The van der Waals surface area contributed by atoms with Crippen molar-refractivity contribution < 1.29 is 4.39 Å². The quantitative estimate of drug-likeness (QED) is 0.857. The van der Waals surface area contributed by atoms with E-state index in [1.807, 2.05) is 36.9 Å². The molecule has 0 aliphatic heterocycles. The van der Waals surface area contributed by atoms with Crippen LogP contribution in [0.15, 0.2) is 42.7 Å². The molecule has 1 aromatic heterocycles. The lowest BCUT2D eigenvalue weighted by atomic mass is 10.1. The molecule has 0 saturated heterocycles. The highest BCUT2D eigenvalue weighted by molar-refractivity contribution is 5.21. The summed E-state index contributed by atoms with van der Waals surface area (Å²) < 4.78 is 15.5. The minimum atomic E-state index is -0.152. The number of hydrogen-bond donors (Lipinski definition) is 1. The van der Waals surface area contributed by atoms with Gasteiger partial charge in [-0.3, -0.25) is 0 Å². The molecule has 90 valence electrons. The predicted octanol–water partition coefficient (Wildman–Crippen LogP) is 3.02. The Morgan fingerprint density at radius 3 is 2.71 bits per heavy atom. The Hall–Kier alpha value is -1.61. The Balaban J connectivity index is 1.98. The topological polar surface area (TPSA) is 17.0 Å². The Bertz CT molecular complexity index is 490. The second-order valence-electron chi connectivity index (χ2n) is 4.31. The van der Waals surface area contributed by atoms with Crippen LogP contribution in [0.25, 0.3) is 0 Å². The predicted molar refractivity (Wildman–Crippen MR) is 67.1 cm³/mol. The van der Waals surface area contributed by atoms with E-state index in [-0.39, 0.29) is 11.9 Å². The van der Waals surface area contributed by atoms with Crippen molar-refractivity contribution >= 4 is 0 Å². The van der Waals surface area contributed by atoms with E-state index in [9.17, 15) is 4.39 Å². The van der Waals surface area contributed by atoms with E-state index in [1.54, 1.807) is 6.07 Å². The molecular formula is C14H17FN2. The fourth-order valence-corrected chi connectivity index (χ4v) is 1.87. The van der Waals surface area contributed by atoms with E-state index in [2.05, 4.69) is 17.6 Å². The van der Waals surface area contributed by atoms with Crippen molar-refractivity contribution in [3.05, 3.63) is 59.7 Å². The maximum atomic E-state index is 13.5. The molecule has 0 radical (unpaired) electrons. The standard InChI is InChI=1S/C14H17FN2/c1-11(13-5-3-4-6-14(13)15)16-9-12-7-8-17(2)10-12/h3-8,10-11,16H,9H2,1-2H3. The van der Waals surface area contributed by atoms with Gasteiger partial charge in [-0.1, -0.05) is 18.2 Å². The van der Waals surface area contributed by atoms with Gasteiger partial charge in [-0.25, -0.2) is 4.39 Å². The minimum Gasteiger partial charge on any atom is -0.357 e. The van der Waals surface area contributed by atoms with Crippen LogP contribution in [0.4, 0.5) is 4.39 Å². The molecule has 1 heterocycles. The van der Waals surface area contributed by atoms with Gasteiger partial charge < -0.3 is 9.88 Å². The van der Waals surface area contributed by atoms with E-state index in [4.69, 9.17) is 0 Å². The van der Waals surface area contributed by atoms with Crippen molar-refractivity contribution in [3.8, 4) is 0 Å². The first-order valence-electron chi connectivity index (χ1n) is 5.75. The molecule has 0 saturated carbocycles. The highest BCUT2D eigenvalue weighted by Gasteiger charge is 2.09. The van der Waals surface area contributed by atoms with E-state index < -0.39 is 0 Å². The van der Waals surface area contributed by atoms with E-state index in [0.717, 1.165) is 6.54 Å². The highest BCUT2D eigenvalue weighted by atomic mass is 19.1. The molecule has 2 aromatic rings. The van der Waals surface area contributed by atoms with Crippen molar-refractivity contribution in [2.24, 2.45) is 7.05 Å². The Kier molecular flexibility index (Phi) is 3.59. The van der Waals surface area contributed by atoms with Crippen LogP contribution >= 0.6 is 0 Å². The minimum absolute atomic E-state index is 0.0106. The van der Waals surface area contributed by atoms with Crippen molar-refractivity contribution in [2.45, 2.75) is 19.5 Å². The van der Waals surface area contributed by atoms with Crippen LogP contribution in [0.3, 0.4) is 0 Å². The summed E-state index contributed by atoms with van der Waals surface area (Å²) in [6.07, 6.45) is 4.06. The van der Waals surface area contributed by atoms with Gasteiger partial charge >= 0.3 is 0 Å². The summed E-state index contributed by atoms with van der Waals surface area (Å²) in [6.45, 7) is 2.72. The molecule has 3 heteroatoms. The van der Waals surface area contributed by atoms with Crippen LogP contribution in [0, 0.1) is 5.82 Å². The van der Waals surface area contributed by atoms with Gasteiger partial charge in [-0.05, 0) is 24.6 Å². The third kappa shape index (κ3) is 2.94. The molecule has 0 bridgehead atoms. The molecule has 0 spiro atoms. The zero-order chi connectivity index (χ0) is 12.3. The third-order valence-corrected chi connectivity index (χ3v) is 2.88. The summed E-state index contributed by atoms with van der Waals surface area (Å²) in [4.78, 5) is 0. The monoisotopic (exact) mass is 232 g/mol. The summed E-state index contributed by atoms with van der Waals surface area (Å²) in [5.41, 5.74) is 1.92. The molecule has 1 atom stereocenters. The number of halogens is 1. The number of aryl methyl sites for hydroxylation is 1. The summed E-state index contributed by atoms with van der Waals surface area (Å²) in [5, 5.41) is 3.32. The SMILES string of the molecule is CC(NCc1ccn(C)c1)c1ccccc1F. The van der Waals surface area contributed by atoms with Gasteiger partial charge in [0, 0.05) is 37.6 Å². The maximum Gasteiger partial charge on any atom is 0.127 e. The van der Waals surface area contributed by atoms with Crippen molar-refractivity contribution in [1.82, 2.24) is 9.88 Å². The number of nitrogens with one attached hydrogen (secondary N) is 1. The molecule has 0 aliphatic rings. The van der Waals surface area contributed by atoms with Gasteiger partial charge in [-0.2, -0.15) is 0 Å². The molecular weight excluding hydrogens is 215 g/mol. The van der Waals surface area contributed by atoms with Crippen LogP contribution in [-0.4, -0.2) is 4.57 Å². The number of aromatic nitrogens is 1. The van der Waals surface area contributed by atoms with E-state index >= 15 is 0 Å². The normalized spacial score (nSPS) is 12.6. The zero-order valence-electron chi connectivity index (χ0n) is 10.2. The lowest BCUT2D eigenvalue weighted by Crippen LogP contribution is -2.18. The summed E-state index contributed by atoms with van der Waals surface area (Å²) in [6, 6.07) is 8.95. The highest BCUT2D eigenvalue weighted by Crippen LogP contribution is 2.16. The fraction of sp³-hybridized carbons (Fsp3) is 0.286. The van der Waals surface area contributed by atoms with Crippen LogP contribution in [0.5, 0.6) is 0 Å². The van der Waals surface area contributed by atoms with E-state index in [1.165, 1.54) is 11.6 Å². The average Bonchev–Trinajstić information content (AvgIpc) is 2.73. The number of hydrogen-bond acceptors (Lipinski definition) is 1. The molecule has 1 unspecified atom stereocenters. The Morgan fingerprint density at radius 2 is 2.06 bits per heavy atom. The molecule has 2 rings (SSSR count). The third-order valence-electron chi connectivity index (χ3n) is 2.88. The van der Waals surface area contributed by atoms with Gasteiger partial charge in [0.15, 0.2) is 0 Å². The second kappa shape index (κ2) is 5.15. The molecule has 0 aliphatic carbocycles. The largest absolute Gasteiger partial charge is 0.357 e.